The van der Waals surface area contributed by atoms with Crippen LogP contribution in [-0.2, 0) is 6.54 Å². The lowest BCUT2D eigenvalue weighted by Gasteiger charge is -2.07. The van der Waals surface area contributed by atoms with E-state index in [-0.39, 0.29) is 23.8 Å². The van der Waals surface area contributed by atoms with E-state index in [2.05, 4.69) is 27.9 Å². The molecule has 0 unspecified atom stereocenters. The van der Waals surface area contributed by atoms with Crippen LogP contribution in [0.15, 0.2) is 48.5 Å². The van der Waals surface area contributed by atoms with E-state index in [0.717, 1.165) is 18.4 Å². The fraction of sp³-hybridized carbons (Fsp3) is 0.273. The third kappa shape index (κ3) is 5.34. The number of nitrogens with zero attached hydrogens (tertiary/aromatic N) is 4. The van der Waals surface area contributed by atoms with E-state index >= 15 is 0 Å². The summed E-state index contributed by atoms with van der Waals surface area (Å²) in [6.45, 7) is 4.62. The SMILES string of the molecule is CCCCNC(=O)c1ccc(CNC(=O)c2nnn(-c3cccc([N+](=O)[O-])c3)c2C)cc1. The Morgan fingerprint density at radius 2 is 1.84 bits per heavy atom. The van der Waals surface area contributed by atoms with Crippen molar-refractivity contribution in [2.24, 2.45) is 0 Å². The third-order valence-corrected chi connectivity index (χ3v) is 4.88. The zero-order chi connectivity index (χ0) is 23.1. The topological polar surface area (TPSA) is 132 Å². The number of non-ortho nitro benzene ring substituents is 1. The Balaban J connectivity index is 1.63. The van der Waals surface area contributed by atoms with Crippen LogP contribution in [0.25, 0.3) is 5.69 Å². The van der Waals surface area contributed by atoms with E-state index in [9.17, 15) is 19.7 Å². The Hall–Kier alpha value is -4.08. The molecule has 10 nitrogen and oxygen atoms in total. The second kappa shape index (κ2) is 10.3. The van der Waals surface area contributed by atoms with E-state index in [1.165, 1.54) is 16.8 Å². The molecule has 3 aromatic rings. The summed E-state index contributed by atoms with van der Waals surface area (Å²) in [5, 5.41) is 24.5. The Morgan fingerprint density at radius 1 is 1.09 bits per heavy atom. The number of hydrogen-bond donors (Lipinski definition) is 2. The first-order valence-electron chi connectivity index (χ1n) is 10.2. The first kappa shape index (κ1) is 22.6. The van der Waals surface area contributed by atoms with Crippen molar-refractivity contribution in [1.82, 2.24) is 25.6 Å². The summed E-state index contributed by atoms with van der Waals surface area (Å²) in [6, 6.07) is 12.9. The molecule has 32 heavy (non-hydrogen) atoms. The molecule has 0 atom stereocenters. The molecule has 10 heteroatoms. The molecule has 0 spiro atoms. The van der Waals surface area contributed by atoms with E-state index < -0.39 is 10.8 Å². The molecular formula is C22H24N6O4. The van der Waals surface area contributed by atoms with Crippen molar-refractivity contribution < 1.29 is 14.5 Å². The van der Waals surface area contributed by atoms with Gasteiger partial charge in [-0.1, -0.05) is 36.8 Å². The maximum atomic E-state index is 12.6. The standard InChI is InChI=1S/C22H24N6O4/c1-3-4-12-23-21(29)17-10-8-16(9-11-17)14-24-22(30)20-15(2)27(26-25-20)18-6-5-7-19(13-18)28(31)32/h5-11,13H,3-4,12,14H2,1-2H3,(H,23,29)(H,24,30). The zero-order valence-electron chi connectivity index (χ0n) is 17.9. The lowest BCUT2D eigenvalue weighted by Crippen LogP contribution is -2.25. The predicted molar refractivity (Wildman–Crippen MR) is 118 cm³/mol. The van der Waals surface area contributed by atoms with Crippen molar-refractivity contribution in [2.75, 3.05) is 6.54 Å². The largest absolute Gasteiger partial charge is 0.352 e. The van der Waals surface area contributed by atoms with Crippen molar-refractivity contribution >= 4 is 17.5 Å². The van der Waals surface area contributed by atoms with Gasteiger partial charge in [0.1, 0.15) is 0 Å². The molecule has 0 aliphatic rings. The van der Waals surface area contributed by atoms with Gasteiger partial charge in [0.25, 0.3) is 17.5 Å². The Morgan fingerprint density at radius 3 is 2.53 bits per heavy atom. The van der Waals surface area contributed by atoms with Gasteiger partial charge in [0, 0.05) is 30.8 Å². The third-order valence-electron chi connectivity index (χ3n) is 4.88. The lowest BCUT2D eigenvalue weighted by molar-refractivity contribution is -0.384. The van der Waals surface area contributed by atoms with Crippen molar-refractivity contribution in [3.8, 4) is 5.69 Å². The number of unbranched alkanes of at least 4 members (excludes halogenated alkanes) is 1. The highest BCUT2D eigenvalue weighted by atomic mass is 16.6. The van der Waals surface area contributed by atoms with Crippen LogP contribution in [0.2, 0.25) is 0 Å². The molecule has 3 rings (SSSR count). The highest BCUT2D eigenvalue weighted by molar-refractivity contribution is 5.94. The molecule has 2 amide bonds. The smallest absolute Gasteiger partial charge is 0.274 e. The summed E-state index contributed by atoms with van der Waals surface area (Å²) in [6.07, 6.45) is 1.94. The van der Waals surface area contributed by atoms with Gasteiger partial charge in [0.05, 0.1) is 16.3 Å². The number of nitro groups is 1. The van der Waals surface area contributed by atoms with Crippen molar-refractivity contribution in [3.63, 3.8) is 0 Å². The van der Waals surface area contributed by atoms with Crippen LogP contribution in [0.1, 0.15) is 51.9 Å². The van der Waals surface area contributed by atoms with Crippen LogP contribution in [0, 0.1) is 17.0 Å². The highest BCUT2D eigenvalue weighted by Gasteiger charge is 2.18. The van der Waals surface area contributed by atoms with Gasteiger partial charge in [0.15, 0.2) is 5.69 Å². The van der Waals surface area contributed by atoms with E-state index in [0.29, 0.717) is 23.5 Å². The van der Waals surface area contributed by atoms with Crippen LogP contribution in [0.5, 0.6) is 0 Å². The summed E-state index contributed by atoms with van der Waals surface area (Å²) in [4.78, 5) is 35.1. The fourth-order valence-electron chi connectivity index (χ4n) is 3.04. The number of hydrogen-bond acceptors (Lipinski definition) is 6. The average molecular weight is 436 g/mol. The molecule has 0 radical (unpaired) electrons. The predicted octanol–water partition coefficient (Wildman–Crippen LogP) is 2.94. The van der Waals surface area contributed by atoms with Gasteiger partial charge < -0.3 is 10.6 Å². The number of nitrogens with one attached hydrogen (secondary N) is 2. The summed E-state index contributed by atoms with van der Waals surface area (Å²) < 4.78 is 1.38. The van der Waals surface area contributed by atoms with Crippen molar-refractivity contribution in [3.05, 3.63) is 81.2 Å². The normalized spacial score (nSPS) is 10.6. The Kier molecular flexibility index (Phi) is 7.27. The lowest BCUT2D eigenvalue weighted by atomic mass is 10.1. The monoisotopic (exact) mass is 436 g/mol. The Bertz CT molecular complexity index is 1120. The van der Waals surface area contributed by atoms with Crippen molar-refractivity contribution in [2.45, 2.75) is 33.2 Å². The van der Waals surface area contributed by atoms with Crippen molar-refractivity contribution in [1.29, 1.82) is 0 Å². The summed E-state index contributed by atoms with van der Waals surface area (Å²) >= 11 is 0. The summed E-state index contributed by atoms with van der Waals surface area (Å²) in [7, 11) is 0. The van der Waals surface area contributed by atoms with Gasteiger partial charge >= 0.3 is 0 Å². The van der Waals surface area contributed by atoms with Crippen LogP contribution in [0.4, 0.5) is 5.69 Å². The van der Waals surface area contributed by atoms with Gasteiger partial charge in [-0.15, -0.1) is 5.10 Å². The number of carbonyl (C=O) groups excluding carboxylic acids is 2. The van der Waals surface area contributed by atoms with Gasteiger partial charge in [-0.05, 0) is 37.1 Å². The molecule has 0 saturated heterocycles. The number of amides is 2. The van der Waals surface area contributed by atoms with Crippen LogP contribution < -0.4 is 10.6 Å². The molecule has 1 heterocycles. The molecule has 166 valence electrons. The number of rotatable bonds is 9. The maximum absolute atomic E-state index is 12.6. The van der Waals surface area contributed by atoms with Gasteiger partial charge in [0.2, 0.25) is 0 Å². The minimum atomic E-state index is -0.497. The van der Waals surface area contributed by atoms with E-state index in [1.54, 1.807) is 43.3 Å². The van der Waals surface area contributed by atoms with Crippen LogP contribution in [-0.4, -0.2) is 38.3 Å². The number of benzene rings is 2. The summed E-state index contributed by atoms with van der Waals surface area (Å²) in [5.41, 5.74) is 2.34. The summed E-state index contributed by atoms with van der Waals surface area (Å²) in [5.74, 6) is -0.539. The second-order valence-corrected chi connectivity index (χ2v) is 7.20. The van der Waals surface area contributed by atoms with Gasteiger partial charge in [-0.3, -0.25) is 19.7 Å². The van der Waals surface area contributed by atoms with Gasteiger partial charge in [-0.25, -0.2) is 4.68 Å². The molecule has 2 N–H and O–H groups in total. The second-order valence-electron chi connectivity index (χ2n) is 7.20. The molecule has 2 aromatic carbocycles. The Labute approximate surface area is 184 Å². The highest BCUT2D eigenvalue weighted by Crippen LogP contribution is 2.18. The first-order chi connectivity index (χ1) is 15.4. The molecule has 1 aromatic heterocycles. The molecule has 0 bridgehead atoms. The molecule has 0 fully saturated rings. The molecule has 0 aliphatic carbocycles. The quantitative estimate of drug-likeness (QED) is 0.301. The number of aromatic nitrogens is 3. The fourth-order valence-corrected chi connectivity index (χ4v) is 3.04. The van der Waals surface area contributed by atoms with E-state index in [1.807, 2.05) is 0 Å². The van der Waals surface area contributed by atoms with Crippen LogP contribution >= 0.6 is 0 Å². The minimum Gasteiger partial charge on any atom is -0.352 e. The van der Waals surface area contributed by atoms with Crippen LogP contribution in [0.3, 0.4) is 0 Å². The minimum absolute atomic E-state index is 0.0779. The zero-order valence-corrected chi connectivity index (χ0v) is 17.9. The first-order valence-corrected chi connectivity index (χ1v) is 10.2. The molecule has 0 saturated carbocycles. The molecular weight excluding hydrogens is 412 g/mol. The van der Waals surface area contributed by atoms with E-state index in [4.69, 9.17) is 0 Å². The average Bonchev–Trinajstić information content (AvgIpc) is 3.19. The maximum Gasteiger partial charge on any atom is 0.274 e. The molecule has 0 aliphatic heterocycles. The number of nitro benzene ring substituents is 1. The van der Waals surface area contributed by atoms with Gasteiger partial charge in [-0.2, -0.15) is 0 Å². The number of carbonyl (C=O) groups is 2.